The number of unbranched alkanes of at least 4 members (excludes halogenated alkanes) is 4. The van der Waals surface area contributed by atoms with Crippen LogP contribution in [0.5, 0.6) is 0 Å². The Kier molecular flexibility index (Phi) is 9.13. The van der Waals surface area contributed by atoms with Crippen molar-refractivity contribution in [2.75, 3.05) is 6.61 Å². The van der Waals surface area contributed by atoms with Gasteiger partial charge in [0.2, 0.25) is 0 Å². The number of carbonyl (C=O) groups is 2. The van der Waals surface area contributed by atoms with E-state index in [-0.39, 0.29) is 24.4 Å². The van der Waals surface area contributed by atoms with Crippen LogP contribution in [0.4, 0.5) is 0 Å². The molecule has 1 fully saturated rings. The molecule has 1 aliphatic carbocycles. The molecule has 5 heteroatoms. The molecule has 0 saturated heterocycles. The number of rotatable bonds is 10. The van der Waals surface area contributed by atoms with E-state index >= 15 is 0 Å². The monoisotopic (exact) mass is 314 g/mol. The molecule has 0 amide bonds. The lowest BCUT2D eigenvalue weighted by Gasteiger charge is -2.25. The first kappa shape index (κ1) is 18.9. The summed E-state index contributed by atoms with van der Waals surface area (Å²) in [4.78, 5) is 22.8. The fraction of sp³-hybridized carbons (Fsp3) is 0.882. The van der Waals surface area contributed by atoms with Crippen LogP contribution in [0.15, 0.2) is 0 Å². The van der Waals surface area contributed by atoms with Crippen LogP contribution in [0.25, 0.3) is 0 Å². The van der Waals surface area contributed by atoms with Gasteiger partial charge in [-0.25, -0.2) is 0 Å². The van der Waals surface area contributed by atoms with Gasteiger partial charge in [0.25, 0.3) is 0 Å². The highest BCUT2D eigenvalue weighted by Crippen LogP contribution is 2.29. The highest BCUT2D eigenvalue weighted by Gasteiger charge is 2.30. The highest BCUT2D eigenvalue weighted by atomic mass is 16.5. The summed E-state index contributed by atoms with van der Waals surface area (Å²) in [7, 11) is 0. The zero-order valence-electron chi connectivity index (χ0n) is 13.6. The van der Waals surface area contributed by atoms with E-state index in [0.717, 1.165) is 12.8 Å². The zero-order valence-corrected chi connectivity index (χ0v) is 13.6. The first-order chi connectivity index (χ1) is 10.5. The van der Waals surface area contributed by atoms with Crippen LogP contribution < -0.4 is 0 Å². The summed E-state index contributed by atoms with van der Waals surface area (Å²) in [6.07, 6.45) is 7.99. The molecule has 0 radical (unpaired) electrons. The molecule has 1 unspecified atom stereocenters. The van der Waals surface area contributed by atoms with Crippen molar-refractivity contribution in [3.8, 4) is 0 Å². The van der Waals surface area contributed by atoms with Gasteiger partial charge in [0, 0.05) is 0 Å². The van der Waals surface area contributed by atoms with Crippen molar-refractivity contribution in [2.24, 2.45) is 11.8 Å². The summed E-state index contributed by atoms with van der Waals surface area (Å²) in [5, 5.41) is 18.7. The number of aliphatic hydroxyl groups excluding tert-OH is 1. The van der Waals surface area contributed by atoms with Crippen LogP contribution in [0.2, 0.25) is 0 Å². The fourth-order valence-electron chi connectivity index (χ4n) is 2.94. The van der Waals surface area contributed by atoms with Crippen LogP contribution >= 0.6 is 0 Å². The van der Waals surface area contributed by atoms with Crippen LogP contribution in [-0.2, 0) is 14.3 Å². The maximum absolute atomic E-state index is 11.9. The van der Waals surface area contributed by atoms with Crippen LogP contribution in [0.3, 0.4) is 0 Å². The number of aliphatic carboxylic acids is 1. The number of hydrogen-bond donors (Lipinski definition) is 2. The number of carboxylic acid groups (broad SMARTS) is 1. The Labute approximate surface area is 133 Å². The Hall–Kier alpha value is -1.10. The quantitative estimate of drug-likeness (QED) is 0.478. The van der Waals surface area contributed by atoms with Crippen LogP contribution in [0.1, 0.15) is 71.1 Å². The van der Waals surface area contributed by atoms with E-state index in [0.29, 0.717) is 32.1 Å². The molecule has 2 N–H and O–H groups in total. The average Bonchev–Trinajstić information content (AvgIpc) is 2.52. The Bertz CT molecular complexity index is 334. The van der Waals surface area contributed by atoms with Crippen molar-refractivity contribution in [3.05, 3.63) is 0 Å². The molecule has 1 aliphatic rings. The summed E-state index contributed by atoms with van der Waals surface area (Å²) in [6.45, 7) is 2.23. The van der Waals surface area contributed by atoms with Gasteiger partial charge in [-0.2, -0.15) is 0 Å². The third-order valence-corrected chi connectivity index (χ3v) is 4.47. The molecule has 0 bridgehead atoms. The van der Waals surface area contributed by atoms with Gasteiger partial charge in [-0.1, -0.05) is 39.0 Å². The van der Waals surface area contributed by atoms with E-state index < -0.39 is 12.1 Å². The standard InChI is InChI=1S/C17H30O5/c1-2-3-4-5-6-7-15(18)12-22-17(21)14-10-8-13(9-11-14)16(19)20/h13-15,18H,2-12H2,1H3,(H,19,20). The van der Waals surface area contributed by atoms with Crippen LogP contribution in [-0.4, -0.2) is 34.9 Å². The van der Waals surface area contributed by atoms with E-state index in [1.165, 1.54) is 19.3 Å². The Morgan fingerprint density at radius 1 is 1.05 bits per heavy atom. The van der Waals surface area contributed by atoms with E-state index in [9.17, 15) is 14.7 Å². The molecule has 1 saturated carbocycles. The third kappa shape index (κ3) is 7.25. The number of carbonyl (C=O) groups excluding carboxylic acids is 1. The Balaban J connectivity index is 2.11. The number of esters is 1. The van der Waals surface area contributed by atoms with Crippen molar-refractivity contribution in [1.82, 2.24) is 0 Å². The molecule has 128 valence electrons. The Morgan fingerprint density at radius 2 is 1.64 bits per heavy atom. The minimum atomic E-state index is -0.773. The van der Waals surface area contributed by atoms with Gasteiger partial charge < -0.3 is 14.9 Å². The second kappa shape index (κ2) is 10.6. The average molecular weight is 314 g/mol. The first-order valence-corrected chi connectivity index (χ1v) is 8.62. The molecule has 0 aromatic rings. The number of ether oxygens (including phenoxy) is 1. The molecule has 0 aliphatic heterocycles. The van der Waals surface area contributed by atoms with E-state index in [1.807, 2.05) is 0 Å². The molecular formula is C17H30O5. The summed E-state index contributed by atoms with van der Waals surface area (Å²) in [5.74, 6) is -1.58. The SMILES string of the molecule is CCCCCCCC(O)COC(=O)C1CCC(C(=O)O)CC1. The van der Waals surface area contributed by atoms with Crippen molar-refractivity contribution in [2.45, 2.75) is 77.2 Å². The lowest BCUT2D eigenvalue weighted by molar-refractivity contribution is -0.155. The van der Waals surface area contributed by atoms with Gasteiger partial charge in [0.15, 0.2) is 0 Å². The molecule has 1 atom stereocenters. The molecular weight excluding hydrogens is 284 g/mol. The molecule has 1 rings (SSSR count). The largest absolute Gasteiger partial charge is 0.481 e. The highest BCUT2D eigenvalue weighted by molar-refractivity contribution is 5.74. The lowest BCUT2D eigenvalue weighted by Crippen LogP contribution is -2.29. The van der Waals surface area contributed by atoms with Crippen molar-refractivity contribution in [3.63, 3.8) is 0 Å². The zero-order chi connectivity index (χ0) is 16.4. The maximum Gasteiger partial charge on any atom is 0.309 e. The summed E-state index contributed by atoms with van der Waals surface area (Å²) < 4.78 is 5.18. The summed E-state index contributed by atoms with van der Waals surface area (Å²) in [5.41, 5.74) is 0. The summed E-state index contributed by atoms with van der Waals surface area (Å²) in [6, 6.07) is 0. The number of aliphatic hydroxyl groups is 1. The predicted molar refractivity (Wildman–Crippen MR) is 83.4 cm³/mol. The topological polar surface area (TPSA) is 83.8 Å². The third-order valence-electron chi connectivity index (χ3n) is 4.47. The smallest absolute Gasteiger partial charge is 0.309 e. The lowest BCUT2D eigenvalue weighted by atomic mass is 9.82. The molecule has 0 aromatic heterocycles. The van der Waals surface area contributed by atoms with Crippen molar-refractivity contribution in [1.29, 1.82) is 0 Å². The van der Waals surface area contributed by atoms with Gasteiger partial charge in [-0.15, -0.1) is 0 Å². The van der Waals surface area contributed by atoms with Gasteiger partial charge in [0.05, 0.1) is 17.9 Å². The normalized spacial score (nSPS) is 23.0. The van der Waals surface area contributed by atoms with Crippen molar-refractivity contribution < 1.29 is 24.5 Å². The van der Waals surface area contributed by atoms with Gasteiger partial charge >= 0.3 is 11.9 Å². The molecule has 5 nitrogen and oxygen atoms in total. The summed E-state index contributed by atoms with van der Waals surface area (Å²) >= 11 is 0. The predicted octanol–water partition coefficient (Wildman–Crippen LogP) is 3.14. The van der Waals surface area contributed by atoms with E-state index in [4.69, 9.17) is 9.84 Å². The second-order valence-corrected chi connectivity index (χ2v) is 6.37. The van der Waals surface area contributed by atoms with Gasteiger partial charge in [0.1, 0.15) is 6.61 Å². The molecule has 0 spiro atoms. The fourth-order valence-corrected chi connectivity index (χ4v) is 2.94. The second-order valence-electron chi connectivity index (χ2n) is 6.37. The Morgan fingerprint density at radius 3 is 2.23 bits per heavy atom. The van der Waals surface area contributed by atoms with Gasteiger partial charge in [-0.3, -0.25) is 9.59 Å². The first-order valence-electron chi connectivity index (χ1n) is 8.62. The van der Waals surface area contributed by atoms with Gasteiger partial charge in [-0.05, 0) is 32.1 Å². The van der Waals surface area contributed by atoms with Crippen LogP contribution in [0, 0.1) is 11.8 Å². The molecule has 0 heterocycles. The maximum atomic E-state index is 11.9. The molecule has 0 aromatic carbocycles. The van der Waals surface area contributed by atoms with E-state index in [1.54, 1.807) is 0 Å². The number of hydrogen-bond acceptors (Lipinski definition) is 4. The van der Waals surface area contributed by atoms with E-state index in [2.05, 4.69) is 6.92 Å². The van der Waals surface area contributed by atoms with Crippen molar-refractivity contribution >= 4 is 11.9 Å². The molecule has 22 heavy (non-hydrogen) atoms. The minimum absolute atomic E-state index is 0.0610. The number of carboxylic acids is 1. The minimum Gasteiger partial charge on any atom is -0.481 e.